The smallest absolute Gasteiger partial charge is 0.264 e. The number of primary amides is 1. The van der Waals surface area contributed by atoms with Gasteiger partial charge in [-0.25, -0.2) is 8.42 Å². The van der Waals surface area contributed by atoms with Crippen LogP contribution in [0.15, 0.2) is 47.4 Å². The maximum Gasteiger partial charge on any atom is 0.264 e. The third-order valence-electron chi connectivity index (χ3n) is 5.12. The highest BCUT2D eigenvalue weighted by Gasteiger charge is 2.39. The van der Waals surface area contributed by atoms with E-state index in [1.807, 2.05) is 0 Å². The molecule has 2 N–H and O–H groups in total. The zero-order valence-electron chi connectivity index (χ0n) is 16.8. The maximum absolute atomic E-state index is 13.5. The topological polar surface area (TPSA) is 98.9 Å². The first-order chi connectivity index (χ1) is 13.8. The highest BCUT2D eigenvalue weighted by atomic mass is 32.2. The van der Waals surface area contributed by atoms with E-state index >= 15 is 0 Å². The lowest BCUT2D eigenvalue weighted by atomic mass is 9.87. The molecule has 0 aromatic heterocycles. The van der Waals surface area contributed by atoms with E-state index in [1.165, 1.54) is 4.31 Å². The van der Waals surface area contributed by atoms with Crippen LogP contribution in [0.5, 0.6) is 5.75 Å². The second-order valence-electron chi connectivity index (χ2n) is 7.17. The van der Waals surface area contributed by atoms with E-state index in [-0.39, 0.29) is 4.90 Å². The number of hydrogen-bond acceptors (Lipinski definition) is 5. The van der Waals surface area contributed by atoms with E-state index in [0.29, 0.717) is 36.6 Å². The first-order valence-corrected chi connectivity index (χ1v) is 10.9. The van der Waals surface area contributed by atoms with Gasteiger partial charge in [-0.1, -0.05) is 18.2 Å². The van der Waals surface area contributed by atoms with Crippen LogP contribution in [0.25, 0.3) is 0 Å². The van der Waals surface area contributed by atoms with Gasteiger partial charge >= 0.3 is 0 Å². The number of hydrogen-bond donors (Lipinski definition) is 1. The fraction of sp³-hybridized carbons (Fsp3) is 0.381. The monoisotopic (exact) mass is 418 g/mol. The molecule has 7 nitrogen and oxygen atoms in total. The minimum absolute atomic E-state index is 0.174. The molecule has 1 heterocycles. The Morgan fingerprint density at radius 1 is 1.21 bits per heavy atom. The molecule has 0 saturated carbocycles. The van der Waals surface area contributed by atoms with E-state index in [2.05, 4.69) is 0 Å². The summed E-state index contributed by atoms with van der Waals surface area (Å²) in [5.41, 5.74) is 7.41. The lowest BCUT2D eigenvalue weighted by Gasteiger charge is -2.38. The van der Waals surface area contributed by atoms with Gasteiger partial charge in [0.05, 0.1) is 23.1 Å². The Morgan fingerprint density at radius 3 is 2.59 bits per heavy atom. The van der Waals surface area contributed by atoms with Crippen LogP contribution in [-0.2, 0) is 19.6 Å². The number of aryl methyl sites for hydroxylation is 1. The summed E-state index contributed by atoms with van der Waals surface area (Å²) >= 11 is 0. The van der Waals surface area contributed by atoms with E-state index in [4.69, 9.17) is 15.2 Å². The van der Waals surface area contributed by atoms with Crippen molar-refractivity contribution < 1.29 is 22.7 Å². The van der Waals surface area contributed by atoms with Crippen molar-refractivity contribution in [3.8, 4) is 5.75 Å². The number of nitrogens with two attached hydrogens (primary N) is 1. The number of amides is 1. The molecule has 156 valence electrons. The van der Waals surface area contributed by atoms with Gasteiger partial charge in [0, 0.05) is 13.2 Å². The minimum Gasteiger partial charge on any atom is -0.491 e. The Kier molecular flexibility index (Phi) is 6.14. The van der Waals surface area contributed by atoms with Crippen LogP contribution in [0.2, 0.25) is 0 Å². The number of sulfonamides is 1. The zero-order valence-corrected chi connectivity index (χ0v) is 17.6. The number of para-hydroxylation sites is 1. The molecular weight excluding hydrogens is 392 g/mol. The van der Waals surface area contributed by atoms with Gasteiger partial charge in [0.15, 0.2) is 0 Å². The Labute approximate surface area is 171 Å². The molecule has 2 atom stereocenters. The van der Waals surface area contributed by atoms with Gasteiger partial charge in [0.1, 0.15) is 12.4 Å². The molecule has 0 radical (unpaired) electrons. The maximum atomic E-state index is 13.5. The summed E-state index contributed by atoms with van der Waals surface area (Å²) < 4.78 is 39.0. The molecule has 0 fully saturated rings. The largest absolute Gasteiger partial charge is 0.491 e. The lowest BCUT2D eigenvalue weighted by Crippen LogP contribution is -2.45. The van der Waals surface area contributed by atoms with Crippen molar-refractivity contribution in [1.82, 2.24) is 0 Å². The number of methoxy groups -OCH3 is 1. The van der Waals surface area contributed by atoms with Crippen molar-refractivity contribution in [1.29, 1.82) is 0 Å². The summed E-state index contributed by atoms with van der Waals surface area (Å²) in [6.07, 6.45) is 0.336. The molecule has 1 amide bonds. The molecule has 0 spiro atoms. The molecule has 2 aromatic carbocycles. The van der Waals surface area contributed by atoms with E-state index in [9.17, 15) is 13.2 Å². The van der Waals surface area contributed by atoms with Gasteiger partial charge in [0.25, 0.3) is 10.0 Å². The van der Waals surface area contributed by atoms with Gasteiger partial charge in [-0.3, -0.25) is 9.10 Å². The summed E-state index contributed by atoms with van der Waals surface area (Å²) in [5, 5.41) is 0. The highest BCUT2D eigenvalue weighted by Crippen LogP contribution is 2.41. The standard InChI is InChI=1S/C21H26N2O5S/c1-14-12-16(8-9-20(14)28-11-10-27-3)29(25,26)23-15(2)13-18(21(22)24)17-6-4-5-7-19(17)23/h4-9,12,15,18H,10-11,13H2,1-3H3,(H2,22,24)/t15-,18-/m0/s1. The quantitative estimate of drug-likeness (QED) is 0.697. The fourth-order valence-electron chi connectivity index (χ4n) is 3.71. The second kappa shape index (κ2) is 8.42. The SMILES string of the molecule is COCCOc1ccc(S(=O)(=O)N2c3ccccc3[C@@H](C(N)=O)C[C@@H]2C)cc1C. The van der Waals surface area contributed by atoms with E-state index < -0.39 is 27.9 Å². The lowest BCUT2D eigenvalue weighted by molar-refractivity contribution is -0.119. The van der Waals surface area contributed by atoms with Crippen LogP contribution >= 0.6 is 0 Å². The van der Waals surface area contributed by atoms with Gasteiger partial charge in [-0.15, -0.1) is 0 Å². The predicted molar refractivity (Wildman–Crippen MR) is 111 cm³/mol. The van der Waals surface area contributed by atoms with Crippen molar-refractivity contribution in [3.05, 3.63) is 53.6 Å². The van der Waals surface area contributed by atoms with Gasteiger partial charge in [0.2, 0.25) is 5.91 Å². The van der Waals surface area contributed by atoms with Crippen molar-refractivity contribution in [3.63, 3.8) is 0 Å². The molecule has 3 rings (SSSR count). The van der Waals surface area contributed by atoms with Crippen LogP contribution in [0.3, 0.4) is 0 Å². The van der Waals surface area contributed by atoms with Crippen LogP contribution in [0, 0.1) is 6.92 Å². The first-order valence-electron chi connectivity index (χ1n) is 9.42. The number of benzene rings is 2. The number of ether oxygens (including phenoxy) is 2. The molecule has 0 unspecified atom stereocenters. The number of carbonyl (C=O) groups is 1. The zero-order chi connectivity index (χ0) is 21.2. The number of rotatable bonds is 7. The third kappa shape index (κ3) is 4.09. The number of carbonyl (C=O) groups excluding carboxylic acids is 1. The number of fused-ring (bicyclic) bond motifs is 1. The Bertz CT molecular complexity index is 1010. The van der Waals surface area contributed by atoms with Gasteiger partial charge in [-0.2, -0.15) is 0 Å². The van der Waals surface area contributed by atoms with Crippen molar-refractivity contribution in [2.45, 2.75) is 37.1 Å². The third-order valence-corrected chi connectivity index (χ3v) is 7.04. The average molecular weight is 419 g/mol. The second-order valence-corrected chi connectivity index (χ2v) is 8.98. The van der Waals surface area contributed by atoms with Crippen LogP contribution in [-0.4, -0.2) is 40.7 Å². The highest BCUT2D eigenvalue weighted by molar-refractivity contribution is 7.92. The Morgan fingerprint density at radius 2 is 1.93 bits per heavy atom. The van der Waals surface area contributed by atoms with Crippen molar-refractivity contribution >= 4 is 21.6 Å². The molecule has 29 heavy (non-hydrogen) atoms. The Hall–Kier alpha value is -2.58. The normalized spacial score (nSPS) is 18.9. The van der Waals surface area contributed by atoms with E-state index in [1.54, 1.807) is 63.4 Å². The number of nitrogens with zero attached hydrogens (tertiary/aromatic N) is 1. The summed E-state index contributed by atoms with van der Waals surface area (Å²) in [7, 11) is -2.25. The van der Waals surface area contributed by atoms with E-state index in [0.717, 1.165) is 5.56 Å². The average Bonchev–Trinajstić information content (AvgIpc) is 2.68. The van der Waals surface area contributed by atoms with Crippen molar-refractivity contribution in [2.24, 2.45) is 5.73 Å². The first kappa shape index (κ1) is 21.1. The molecule has 0 bridgehead atoms. The summed E-state index contributed by atoms with van der Waals surface area (Å²) in [6.45, 7) is 4.42. The molecule has 1 aliphatic heterocycles. The van der Waals surface area contributed by atoms with Gasteiger partial charge < -0.3 is 15.2 Å². The van der Waals surface area contributed by atoms with Crippen LogP contribution < -0.4 is 14.8 Å². The molecule has 1 aliphatic rings. The molecular formula is C21H26N2O5S. The molecule has 0 aliphatic carbocycles. The summed E-state index contributed by atoms with van der Waals surface area (Å²) in [5.74, 6) is -0.345. The van der Waals surface area contributed by atoms with Crippen molar-refractivity contribution in [2.75, 3.05) is 24.6 Å². The molecule has 8 heteroatoms. The summed E-state index contributed by atoms with van der Waals surface area (Å²) in [6, 6.07) is 11.4. The van der Waals surface area contributed by atoms with Crippen LogP contribution in [0.4, 0.5) is 5.69 Å². The molecule has 2 aromatic rings. The summed E-state index contributed by atoms with van der Waals surface area (Å²) in [4.78, 5) is 12.1. The fourth-order valence-corrected chi connectivity index (χ4v) is 5.49. The minimum atomic E-state index is -3.84. The number of anilines is 1. The molecule has 0 saturated heterocycles. The Balaban J connectivity index is 1.99. The predicted octanol–water partition coefficient (Wildman–Crippen LogP) is 2.58. The van der Waals surface area contributed by atoms with Crippen LogP contribution in [0.1, 0.15) is 30.4 Å². The van der Waals surface area contributed by atoms with Gasteiger partial charge in [-0.05, 0) is 55.7 Å².